The summed E-state index contributed by atoms with van der Waals surface area (Å²) in [7, 11) is 0. The first-order valence-corrected chi connectivity index (χ1v) is 4.83. The topological polar surface area (TPSA) is 43.8 Å². The van der Waals surface area contributed by atoms with Crippen LogP contribution in [0.3, 0.4) is 0 Å². The SMILES string of the molecule is CCN1C(=O)CCN1C(C)C(C)O. The number of rotatable bonds is 3. The number of carbonyl (C=O) groups excluding carboxylic acids is 1. The maximum absolute atomic E-state index is 11.3. The van der Waals surface area contributed by atoms with Gasteiger partial charge in [-0.15, -0.1) is 0 Å². The van der Waals surface area contributed by atoms with Gasteiger partial charge in [-0.05, 0) is 20.8 Å². The number of hydrogen-bond donors (Lipinski definition) is 1. The Morgan fingerprint density at radius 3 is 2.62 bits per heavy atom. The molecule has 1 fully saturated rings. The lowest BCUT2D eigenvalue weighted by Crippen LogP contribution is -2.48. The Morgan fingerprint density at radius 1 is 1.54 bits per heavy atom. The van der Waals surface area contributed by atoms with Crippen LogP contribution in [0.2, 0.25) is 0 Å². The van der Waals surface area contributed by atoms with Crippen LogP contribution in [0.25, 0.3) is 0 Å². The van der Waals surface area contributed by atoms with E-state index < -0.39 is 6.10 Å². The third-order valence-corrected chi connectivity index (χ3v) is 2.62. The maximum Gasteiger partial charge on any atom is 0.238 e. The Balaban J connectivity index is 2.64. The van der Waals surface area contributed by atoms with Crippen LogP contribution in [0.4, 0.5) is 0 Å². The fourth-order valence-corrected chi connectivity index (χ4v) is 1.63. The largest absolute Gasteiger partial charge is 0.392 e. The summed E-state index contributed by atoms with van der Waals surface area (Å²) in [5.74, 6) is 0.162. The average molecular weight is 186 g/mol. The first-order valence-electron chi connectivity index (χ1n) is 4.83. The van der Waals surface area contributed by atoms with Crippen molar-refractivity contribution in [3.05, 3.63) is 0 Å². The van der Waals surface area contributed by atoms with E-state index in [1.165, 1.54) is 0 Å². The number of hydrogen-bond acceptors (Lipinski definition) is 3. The highest BCUT2D eigenvalue weighted by atomic mass is 16.3. The lowest BCUT2D eigenvalue weighted by molar-refractivity contribution is -0.142. The third kappa shape index (κ3) is 2.00. The molecule has 1 amide bonds. The standard InChI is InChI=1S/C9H18N2O2/c1-4-10-9(13)5-6-11(10)7(2)8(3)12/h7-8,12H,4-6H2,1-3H3. The Kier molecular flexibility index (Phi) is 3.27. The second kappa shape index (κ2) is 4.07. The maximum atomic E-state index is 11.3. The molecule has 2 atom stereocenters. The second-order valence-electron chi connectivity index (χ2n) is 3.50. The van der Waals surface area contributed by atoms with E-state index in [1.54, 1.807) is 11.9 Å². The summed E-state index contributed by atoms with van der Waals surface area (Å²) >= 11 is 0. The van der Waals surface area contributed by atoms with Gasteiger partial charge in [0.15, 0.2) is 0 Å². The minimum atomic E-state index is -0.403. The third-order valence-electron chi connectivity index (χ3n) is 2.62. The van der Waals surface area contributed by atoms with Crippen LogP contribution in [-0.4, -0.2) is 46.3 Å². The van der Waals surface area contributed by atoms with Crippen molar-refractivity contribution in [2.24, 2.45) is 0 Å². The normalized spacial score (nSPS) is 23.7. The molecule has 13 heavy (non-hydrogen) atoms. The Hall–Kier alpha value is -0.610. The van der Waals surface area contributed by atoms with Crippen molar-refractivity contribution in [3.8, 4) is 0 Å². The van der Waals surface area contributed by atoms with Gasteiger partial charge < -0.3 is 5.11 Å². The van der Waals surface area contributed by atoms with E-state index >= 15 is 0 Å². The smallest absolute Gasteiger partial charge is 0.238 e. The zero-order valence-corrected chi connectivity index (χ0v) is 8.53. The molecule has 0 aromatic rings. The van der Waals surface area contributed by atoms with Gasteiger partial charge in [-0.25, -0.2) is 5.01 Å². The fraction of sp³-hybridized carbons (Fsp3) is 0.889. The predicted octanol–water partition coefficient (Wildman–Crippen LogP) is 0.225. The summed E-state index contributed by atoms with van der Waals surface area (Å²) < 4.78 is 0. The molecular formula is C9H18N2O2. The number of hydrazine groups is 1. The molecule has 1 aliphatic heterocycles. The van der Waals surface area contributed by atoms with Gasteiger partial charge in [0.2, 0.25) is 5.91 Å². The van der Waals surface area contributed by atoms with Gasteiger partial charge in [0.05, 0.1) is 12.1 Å². The van der Waals surface area contributed by atoms with Gasteiger partial charge in [-0.1, -0.05) is 0 Å². The van der Waals surface area contributed by atoms with E-state index in [0.717, 1.165) is 6.54 Å². The van der Waals surface area contributed by atoms with E-state index in [1.807, 2.05) is 18.9 Å². The number of aliphatic hydroxyl groups excluding tert-OH is 1. The monoisotopic (exact) mass is 186 g/mol. The van der Waals surface area contributed by atoms with Gasteiger partial charge in [-0.3, -0.25) is 9.80 Å². The number of nitrogens with zero attached hydrogens (tertiary/aromatic N) is 2. The molecule has 1 aliphatic rings. The summed E-state index contributed by atoms with van der Waals surface area (Å²) in [5.41, 5.74) is 0. The second-order valence-corrected chi connectivity index (χ2v) is 3.50. The molecule has 0 radical (unpaired) electrons. The molecule has 1 rings (SSSR count). The lowest BCUT2D eigenvalue weighted by atomic mass is 10.2. The molecule has 0 aromatic carbocycles. The van der Waals surface area contributed by atoms with Gasteiger partial charge in [0.1, 0.15) is 0 Å². The zero-order valence-electron chi connectivity index (χ0n) is 8.53. The van der Waals surface area contributed by atoms with Gasteiger partial charge >= 0.3 is 0 Å². The Bertz CT molecular complexity index is 194. The van der Waals surface area contributed by atoms with Crippen molar-refractivity contribution < 1.29 is 9.90 Å². The van der Waals surface area contributed by atoms with E-state index in [9.17, 15) is 9.90 Å². The lowest BCUT2D eigenvalue weighted by Gasteiger charge is -2.33. The summed E-state index contributed by atoms with van der Waals surface area (Å²) in [6, 6.07) is 0.0198. The van der Waals surface area contributed by atoms with Crippen molar-refractivity contribution in [2.75, 3.05) is 13.1 Å². The summed E-state index contributed by atoms with van der Waals surface area (Å²) in [4.78, 5) is 11.3. The van der Waals surface area contributed by atoms with Crippen LogP contribution in [-0.2, 0) is 4.79 Å². The predicted molar refractivity (Wildman–Crippen MR) is 49.9 cm³/mol. The van der Waals surface area contributed by atoms with Crippen molar-refractivity contribution in [2.45, 2.75) is 39.3 Å². The van der Waals surface area contributed by atoms with Crippen molar-refractivity contribution in [1.82, 2.24) is 10.0 Å². The van der Waals surface area contributed by atoms with Crippen LogP contribution >= 0.6 is 0 Å². The number of carbonyl (C=O) groups is 1. The fourth-order valence-electron chi connectivity index (χ4n) is 1.63. The van der Waals surface area contributed by atoms with Crippen molar-refractivity contribution >= 4 is 5.91 Å². The van der Waals surface area contributed by atoms with Gasteiger partial charge in [0, 0.05) is 19.5 Å². The van der Waals surface area contributed by atoms with E-state index in [-0.39, 0.29) is 11.9 Å². The zero-order chi connectivity index (χ0) is 10.0. The molecule has 0 bridgehead atoms. The van der Waals surface area contributed by atoms with Crippen molar-refractivity contribution in [1.29, 1.82) is 0 Å². The highest BCUT2D eigenvalue weighted by molar-refractivity contribution is 5.77. The van der Waals surface area contributed by atoms with Crippen LogP contribution in [0.15, 0.2) is 0 Å². The van der Waals surface area contributed by atoms with Gasteiger partial charge in [0.25, 0.3) is 0 Å². The Morgan fingerprint density at radius 2 is 2.15 bits per heavy atom. The highest BCUT2D eigenvalue weighted by Gasteiger charge is 2.32. The summed E-state index contributed by atoms with van der Waals surface area (Å²) in [6.07, 6.45) is 0.171. The molecule has 4 heteroatoms. The Labute approximate surface area is 79.1 Å². The molecule has 76 valence electrons. The molecule has 4 nitrogen and oxygen atoms in total. The summed E-state index contributed by atoms with van der Waals surface area (Å²) in [5, 5.41) is 13.1. The molecule has 0 saturated carbocycles. The van der Waals surface area contributed by atoms with Crippen LogP contribution < -0.4 is 0 Å². The molecule has 0 aromatic heterocycles. The first kappa shape index (κ1) is 10.5. The van der Waals surface area contributed by atoms with Crippen LogP contribution in [0, 0.1) is 0 Å². The van der Waals surface area contributed by atoms with Gasteiger partial charge in [-0.2, -0.15) is 0 Å². The molecule has 0 spiro atoms. The van der Waals surface area contributed by atoms with Crippen LogP contribution in [0.1, 0.15) is 27.2 Å². The average Bonchev–Trinajstić information content (AvgIpc) is 2.45. The van der Waals surface area contributed by atoms with E-state index in [0.29, 0.717) is 13.0 Å². The molecule has 0 aliphatic carbocycles. The quantitative estimate of drug-likeness (QED) is 0.686. The molecule has 2 unspecified atom stereocenters. The van der Waals surface area contributed by atoms with Crippen LogP contribution in [0.5, 0.6) is 0 Å². The van der Waals surface area contributed by atoms with E-state index in [2.05, 4.69) is 0 Å². The molecule has 1 heterocycles. The van der Waals surface area contributed by atoms with Crippen molar-refractivity contribution in [3.63, 3.8) is 0 Å². The number of amides is 1. The van der Waals surface area contributed by atoms with E-state index in [4.69, 9.17) is 0 Å². The molecular weight excluding hydrogens is 168 g/mol. The number of aliphatic hydroxyl groups is 1. The highest BCUT2D eigenvalue weighted by Crippen LogP contribution is 2.16. The molecule has 1 N–H and O–H groups in total. The summed E-state index contributed by atoms with van der Waals surface area (Å²) in [6.45, 7) is 7.06. The molecule has 1 saturated heterocycles. The minimum Gasteiger partial charge on any atom is -0.392 e. The first-order chi connectivity index (χ1) is 6.07. The minimum absolute atomic E-state index is 0.0198.